The molecule has 0 fully saturated rings. The van der Waals surface area contributed by atoms with Gasteiger partial charge in [-0.15, -0.1) is 0 Å². The molecule has 2 aliphatic carbocycles. The van der Waals surface area contributed by atoms with Gasteiger partial charge in [-0.1, -0.05) is 0 Å². The van der Waals surface area contributed by atoms with Crippen LogP contribution in [0.1, 0.15) is 34.1 Å². The van der Waals surface area contributed by atoms with Gasteiger partial charge in [-0.2, -0.15) is 0 Å². The van der Waals surface area contributed by atoms with Crippen molar-refractivity contribution in [2.45, 2.75) is 34.1 Å². The van der Waals surface area contributed by atoms with E-state index in [1.807, 2.05) is 0 Å². The average molecular weight is 362 g/mol. The van der Waals surface area contributed by atoms with Gasteiger partial charge in [-0.05, 0) is 0 Å². The van der Waals surface area contributed by atoms with Gasteiger partial charge in [0.05, 0.1) is 0 Å². The second-order valence-corrected chi connectivity index (χ2v) is 10.1. The molecule has 0 aliphatic heterocycles. The quantitative estimate of drug-likeness (QED) is 0.541. The van der Waals surface area contributed by atoms with E-state index in [2.05, 4.69) is 50.1 Å². The van der Waals surface area contributed by atoms with Crippen molar-refractivity contribution in [3.63, 3.8) is 0 Å². The second-order valence-electron chi connectivity index (χ2n) is 4.87. The van der Waals surface area contributed by atoms with E-state index in [4.69, 9.17) is 0 Å². The molecule has 0 N–H and O–H groups in total. The van der Waals surface area contributed by atoms with E-state index in [0.717, 1.165) is 0 Å². The molecule has 0 saturated carbocycles. The molecule has 0 aromatic carbocycles. The predicted octanol–water partition coefficient (Wildman–Crippen LogP) is -1.85. The third kappa shape index (κ3) is 3.06. The molecule has 3 heteroatoms. The van der Waals surface area contributed by atoms with Gasteiger partial charge in [-0.3, -0.25) is 0 Å². The van der Waals surface area contributed by atoms with Crippen LogP contribution in [0.2, 0.25) is 0 Å². The molecule has 0 heterocycles. The molecule has 0 aromatic rings. The van der Waals surface area contributed by atoms with Crippen molar-refractivity contribution in [1.82, 2.24) is 0 Å². The maximum Gasteiger partial charge on any atom is -1.00 e. The topological polar surface area (TPSA) is 0 Å². The summed E-state index contributed by atoms with van der Waals surface area (Å²) in [4.78, 5) is 0. The molecule has 18 heavy (non-hydrogen) atoms. The summed E-state index contributed by atoms with van der Waals surface area (Å²) in [6, 6.07) is 0. The molecular formula is C15H20Cl2Zr. The van der Waals surface area contributed by atoms with Gasteiger partial charge < -0.3 is 24.8 Å². The zero-order valence-corrected chi connectivity index (χ0v) is 15.4. The van der Waals surface area contributed by atoms with Crippen LogP contribution in [0.3, 0.4) is 0 Å². The smallest absolute Gasteiger partial charge is 1.00 e. The molecule has 0 aromatic heterocycles. The number of rotatable bonds is 2. The molecule has 1 unspecified atom stereocenters. The number of allylic oxidation sites excluding steroid dienone is 8. The SMILES string of the molecule is [CH2]=[Zr+2]([C]1=CC=CC1)[C]1=C(C)C(C)=C(C)C1C.[Cl-].[Cl-]. The van der Waals surface area contributed by atoms with Crippen LogP contribution in [0.15, 0.2) is 41.5 Å². The largest absolute Gasteiger partial charge is 1.00 e. The van der Waals surface area contributed by atoms with Gasteiger partial charge in [-0.25, -0.2) is 0 Å². The van der Waals surface area contributed by atoms with Crippen molar-refractivity contribution in [1.29, 1.82) is 0 Å². The van der Waals surface area contributed by atoms with E-state index in [0.29, 0.717) is 5.92 Å². The van der Waals surface area contributed by atoms with Crippen LogP contribution in [0.5, 0.6) is 0 Å². The standard InChI is InChI=1S/C9H13.C5H5.CH2.2ClH.Zr/c1-6-5-7(2)9(4)8(6)3;1-2-4-5-3-1;;;;/h6H,1-4H3;1-3H,4H2;1H2;2*1H;/q;;;;;+2/p-2. The van der Waals surface area contributed by atoms with Gasteiger partial charge in [0.1, 0.15) is 0 Å². The average Bonchev–Trinajstić information content (AvgIpc) is 2.84. The summed E-state index contributed by atoms with van der Waals surface area (Å²) >= 11 is -1.73. The first-order valence-corrected chi connectivity index (χ1v) is 10.2. The molecule has 0 bridgehead atoms. The number of hydrogen-bond donors (Lipinski definition) is 0. The fraction of sp³-hybridized carbons (Fsp3) is 0.400. The summed E-state index contributed by atoms with van der Waals surface area (Å²) in [7, 11) is 0. The first-order chi connectivity index (χ1) is 7.54. The van der Waals surface area contributed by atoms with E-state index in [-0.39, 0.29) is 24.8 Å². The zero-order valence-electron chi connectivity index (χ0n) is 11.5. The second kappa shape index (κ2) is 7.18. The fourth-order valence-corrected chi connectivity index (χ4v) is 8.56. The molecule has 0 saturated heterocycles. The summed E-state index contributed by atoms with van der Waals surface area (Å²) in [5.41, 5.74) is 4.65. The van der Waals surface area contributed by atoms with Gasteiger partial charge in [0.15, 0.2) is 0 Å². The molecule has 2 aliphatic rings. The van der Waals surface area contributed by atoms with Crippen LogP contribution >= 0.6 is 0 Å². The van der Waals surface area contributed by atoms with Crippen LogP contribution in [-0.4, -0.2) is 4.21 Å². The third-order valence-electron chi connectivity index (χ3n) is 4.12. The van der Waals surface area contributed by atoms with Gasteiger partial charge in [0, 0.05) is 0 Å². The van der Waals surface area contributed by atoms with Crippen molar-refractivity contribution < 1.29 is 46.1 Å². The maximum absolute atomic E-state index is 4.58. The normalized spacial score (nSPS) is 21.3. The Morgan fingerprint density at radius 3 is 2.17 bits per heavy atom. The Kier molecular flexibility index (Phi) is 7.29. The molecule has 0 nitrogen and oxygen atoms in total. The summed E-state index contributed by atoms with van der Waals surface area (Å²) in [6.45, 7) is 9.21. The molecule has 98 valence electrons. The predicted molar refractivity (Wildman–Crippen MR) is 69.2 cm³/mol. The fourth-order valence-electron chi connectivity index (χ4n) is 2.70. The first-order valence-electron chi connectivity index (χ1n) is 5.98. The Hall–Kier alpha value is 0.293. The van der Waals surface area contributed by atoms with E-state index < -0.39 is 21.3 Å². The Balaban J connectivity index is 0.00000144. The van der Waals surface area contributed by atoms with Gasteiger partial charge >= 0.3 is 107 Å². The molecule has 0 radical (unpaired) electrons. The van der Waals surface area contributed by atoms with Crippen molar-refractivity contribution in [2.75, 3.05) is 0 Å². The van der Waals surface area contributed by atoms with Crippen molar-refractivity contribution >= 4 is 4.21 Å². The van der Waals surface area contributed by atoms with Crippen molar-refractivity contribution in [3.8, 4) is 0 Å². The minimum absolute atomic E-state index is 0. The van der Waals surface area contributed by atoms with Gasteiger partial charge in [0.2, 0.25) is 0 Å². The minimum atomic E-state index is -1.73. The Labute approximate surface area is 131 Å². The summed E-state index contributed by atoms with van der Waals surface area (Å²) < 4.78 is 7.96. The Morgan fingerprint density at radius 2 is 1.78 bits per heavy atom. The van der Waals surface area contributed by atoms with E-state index in [1.54, 1.807) is 17.7 Å². The number of hydrogen-bond acceptors (Lipinski definition) is 0. The maximum atomic E-state index is 4.58. The molecule has 0 amide bonds. The molecule has 1 atom stereocenters. The van der Waals surface area contributed by atoms with Crippen molar-refractivity contribution in [3.05, 3.63) is 41.5 Å². The number of halogens is 2. The molecule has 2 rings (SSSR count). The zero-order chi connectivity index (χ0) is 11.9. The van der Waals surface area contributed by atoms with Crippen LogP contribution in [0, 0.1) is 5.92 Å². The van der Waals surface area contributed by atoms with Crippen LogP contribution in [-0.2, 0) is 21.3 Å². The molecule has 0 spiro atoms. The van der Waals surface area contributed by atoms with E-state index in [1.165, 1.54) is 12.0 Å². The van der Waals surface area contributed by atoms with Crippen LogP contribution in [0.4, 0.5) is 0 Å². The first kappa shape index (κ1) is 18.3. The minimum Gasteiger partial charge on any atom is -1.00 e. The van der Waals surface area contributed by atoms with E-state index >= 15 is 0 Å². The van der Waals surface area contributed by atoms with Crippen molar-refractivity contribution in [2.24, 2.45) is 5.92 Å². The van der Waals surface area contributed by atoms with Crippen LogP contribution in [0.25, 0.3) is 0 Å². The summed E-state index contributed by atoms with van der Waals surface area (Å²) in [5.74, 6) is 0.661. The third-order valence-corrected chi connectivity index (χ3v) is 10.5. The Morgan fingerprint density at radius 1 is 1.17 bits per heavy atom. The van der Waals surface area contributed by atoms with Gasteiger partial charge in [0.25, 0.3) is 0 Å². The summed E-state index contributed by atoms with van der Waals surface area (Å²) in [5, 5.41) is 0. The molecular weight excluding hydrogens is 342 g/mol. The Bertz CT molecular complexity index is 479. The summed E-state index contributed by atoms with van der Waals surface area (Å²) in [6.07, 6.45) is 7.95. The monoisotopic (exact) mass is 360 g/mol. The van der Waals surface area contributed by atoms with E-state index in [9.17, 15) is 0 Å². The van der Waals surface area contributed by atoms with Crippen LogP contribution < -0.4 is 24.8 Å².